The quantitative estimate of drug-likeness (QED) is 0.465. The summed E-state index contributed by atoms with van der Waals surface area (Å²) in [6, 6.07) is 10.3. The second-order valence-corrected chi connectivity index (χ2v) is 9.07. The first-order valence-corrected chi connectivity index (χ1v) is 10.7. The number of amides is 1. The van der Waals surface area contributed by atoms with Gasteiger partial charge in [0.2, 0.25) is 0 Å². The van der Waals surface area contributed by atoms with Gasteiger partial charge in [-0.25, -0.2) is 14.2 Å². The fraction of sp³-hybridized carbons (Fsp3) is 0.417. The van der Waals surface area contributed by atoms with Crippen LogP contribution < -0.4 is 0 Å². The zero-order valence-electron chi connectivity index (χ0n) is 18.4. The van der Waals surface area contributed by atoms with Crippen LogP contribution in [0.4, 0.5) is 9.18 Å². The molecule has 0 bridgehead atoms. The molecule has 0 saturated carbocycles. The number of fused-ring (bicyclic) bond motifs is 1. The normalized spacial score (nSPS) is 15.2. The van der Waals surface area contributed by atoms with Gasteiger partial charge in [0.15, 0.2) is 11.5 Å². The number of hydrogen-bond donors (Lipinski definition) is 0. The van der Waals surface area contributed by atoms with Crippen molar-refractivity contribution in [3.05, 3.63) is 58.6 Å². The summed E-state index contributed by atoms with van der Waals surface area (Å²) in [4.78, 5) is 29.1. The molecule has 1 amide bonds. The fourth-order valence-corrected chi connectivity index (χ4v) is 3.86. The molecule has 32 heavy (non-hydrogen) atoms. The predicted molar refractivity (Wildman–Crippen MR) is 119 cm³/mol. The fourth-order valence-electron chi connectivity index (χ4n) is 3.86. The minimum Gasteiger partial charge on any atom is -0.444 e. The molecule has 0 unspecified atom stereocenters. The molecule has 3 aromatic rings. The number of nitrogens with zero attached hydrogens (tertiary/aromatic N) is 3. The third-order valence-corrected chi connectivity index (χ3v) is 5.52. The highest BCUT2D eigenvalue weighted by Gasteiger charge is 2.29. The van der Waals surface area contributed by atoms with E-state index in [1.165, 1.54) is 6.07 Å². The monoisotopic (exact) mass is 439 g/mol. The summed E-state index contributed by atoms with van der Waals surface area (Å²) in [5.74, 6) is 0.316. The molecule has 4 rings (SSSR count). The van der Waals surface area contributed by atoms with Gasteiger partial charge in [0.05, 0.1) is 0 Å². The Hall–Kier alpha value is -3.29. The molecule has 2 aromatic carbocycles. The van der Waals surface area contributed by atoms with E-state index in [4.69, 9.17) is 9.15 Å². The van der Waals surface area contributed by atoms with Crippen molar-refractivity contribution in [2.75, 3.05) is 13.1 Å². The summed E-state index contributed by atoms with van der Waals surface area (Å²) in [7, 11) is 0. The van der Waals surface area contributed by atoms with Crippen LogP contribution in [-0.2, 0) is 11.3 Å². The van der Waals surface area contributed by atoms with E-state index in [-0.39, 0.29) is 24.1 Å². The van der Waals surface area contributed by atoms with Crippen molar-refractivity contribution in [3.8, 4) is 11.1 Å². The lowest BCUT2D eigenvalue weighted by Crippen LogP contribution is -2.41. The van der Waals surface area contributed by atoms with Crippen LogP contribution in [0.15, 0.2) is 46.0 Å². The largest absolute Gasteiger partial charge is 0.444 e. The van der Waals surface area contributed by atoms with E-state index in [1.54, 1.807) is 17.0 Å². The topological polar surface area (TPSA) is 85.0 Å². The van der Waals surface area contributed by atoms with E-state index in [2.05, 4.69) is 10.2 Å². The second-order valence-electron chi connectivity index (χ2n) is 9.07. The molecule has 1 aromatic heterocycles. The number of aromatic nitrogens is 1. The molecule has 8 heteroatoms. The van der Waals surface area contributed by atoms with Crippen molar-refractivity contribution >= 4 is 17.2 Å². The third-order valence-electron chi connectivity index (χ3n) is 5.52. The summed E-state index contributed by atoms with van der Waals surface area (Å²) in [5, 5.41) is 2.75. The molecule has 1 aliphatic rings. The molecule has 0 atom stereocenters. The SMILES string of the molecule is CC(C)(C)OC(=O)N1CCC(c2nc3cc(-c4ccc(CN=O)c(F)c4)ccc3o2)CC1. The Morgan fingerprint density at radius 1 is 1.19 bits per heavy atom. The smallest absolute Gasteiger partial charge is 0.410 e. The molecular formula is C24H26FN3O4. The van der Waals surface area contributed by atoms with E-state index in [0.717, 1.165) is 18.4 Å². The first kappa shape index (κ1) is 21.9. The van der Waals surface area contributed by atoms with Gasteiger partial charge in [-0.1, -0.05) is 23.4 Å². The number of likely N-dealkylation sites (tertiary alicyclic amines) is 1. The zero-order chi connectivity index (χ0) is 22.9. The minimum absolute atomic E-state index is 0.122. The average Bonchev–Trinajstić information content (AvgIpc) is 3.17. The minimum atomic E-state index is -0.513. The van der Waals surface area contributed by atoms with Crippen LogP contribution in [0, 0.1) is 10.7 Å². The molecule has 168 valence electrons. The van der Waals surface area contributed by atoms with Gasteiger partial charge in [-0.15, -0.1) is 0 Å². The molecule has 0 aliphatic carbocycles. The van der Waals surface area contributed by atoms with E-state index in [0.29, 0.717) is 35.6 Å². The van der Waals surface area contributed by atoms with Crippen LogP contribution in [0.1, 0.15) is 51.0 Å². The number of halogens is 1. The highest BCUT2D eigenvalue weighted by molar-refractivity contribution is 5.80. The van der Waals surface area contributed by atoms with E-state index >= 15 is 0 Å². The van der Waals surface area contributed by atoms with Gasteiger partial charge in [0.1, 0.15) is 23.5 Å². The molecule has 1 aliphatic heterocycles. The van der Waals surface area contributed by atoms with Crippen LogP contribution in [0.5, 0.6) is 0 Å². The second kappa shape index (κ2) is 8.68. The van der Waals surface area contributed by atoms with Crippen LogP contribution in [0.3, 0.4) is 0 Å². The summed E-state index contributed by atoms with van der Waals surface area (Å²) in [5.41, 5.74) is 2.62. The molecule has 1 fully saturated rings. The highest BCUT2D eigenvalue weighted by Crippen LogP contribution is 2.32. The number of piperidine rings is 1. The number of hydrogen-bond acceptors (Lipinski definition) is 6. The maximum Gasteiger partial charge on any atom is 0.410 e. The average molecular weight is 439 g/mol. The molecular weight excluding hydrogens is 413 g/mol. The molecule has 0 N–H and O–H groups in total. The lowest BCUT2D eigenvalue weighted by atomic mass is 9.97. The lowest BCUT2D eigenvalue weighted by molar-refractivity contribution is 0.0199. The number of nitroso groups, excluding NO2 is 1. The molecule has 2 heterocycles. The van der Waals surface area contributed by atoms with Crippen LogP contribution in [0.25, 0.3) is 22.2 Å². The van der Waals surface area contributed by atoms with Crippen LogP contribution in [0.2, 0.25) is 0 Å². The number of rotatable bonds is 4. The van der Waals surface area contributed by atoms with Crippen LogP contribution in [-0.4, -0.2) is 34.7 Å². The number of oxazole rings is 1. The van der Waals surface area contributed by atoms with Crippen molar-refractivity contribution < 1.29 is 18.3 Å². The predicted octanol–water partition coefficient (Wildman–Crippen LogP) is 6.01. The van der Waals surface area contributed by atoms with Gasteiger partial charge < -0.3 is 14.1 Å². The zero-order valence-corrected chi connectivity index (χ0v) is 18.4. The maximum atomic E-state index is 14.2. The first-order chi connectivity index (χ1) is 15.2. The lowest BCUT2D eigenvalue weighted by Gasteiger charge is -2.32. The summed E-state index contributed by atoms with van der Waals surface area (Å²) >= 11 is 0. The van der Waals surface area contributed by atoms with Crippen molar-refractivity contribution in [3.63, 3.8) is 0 Å². The third kappa shape index (κ3) is 4.79. The van der Waals surface area contributed by atoms with Gasteiger partial charge >= 0.3 is 6.09 Å². The van der Waals surface area contributed by atoms with Gasteiger partial charge in [-0.05, 0) is 62.9 Å². The van der Waals surface area contributed by atoms with E-state index in [1.807, 2.05) is 39.0 Å². The summed E-state index contributed by atoms with van der Waals surface area (Å²) in [6.45, 7) is 6.56. The van der Waals surface area contributed by atoms with Crippen molar-refractivity contribution in [1.29, 1.82) is 0 Å². The Morgan fingerprint density at radius 3 is 2.53 bits per heavy atom. The van der Waals surface area contributed by atoms with E-state index < -0.39 is 11.4 Å². The first-order valence-electron chi connectivity index (χ1n) is 10.7. The number of ether oxygens (including phenoxy) is 1. The number of benzene rings is 2. The Balaban J connectivity index is 1.48. The molecule has 1 saturated heterocycles. The van der Waals surface area contributed by atoms with Gasteiger partial charge in [-0.2, -0.15) is 4.91 Å². The van der Waals surface area contributed by atoms with Gasteiger partial charge in [0.25, 0.3) is 0 Å². The van der Waals surface area contributed by atoms with Crippen molar-refractivity contribution in [2.24, 2.45) is 5.18 Å². The van der Waals surface area contributed by atoms with E-state index in [9.17, 15) is 14.1 Å². The van der Waals surface area contributed by atoms with Gasteiger partial charge in [0, 0.05) is 24.6 Å². The maximum absolute atomic E-state index is 14.2. The number of carbonyl (C=O) groups is 1. The standard InChI is InChI=1S/C24H26FN3O4/c1-24(2,3)32-23(29)28-10-8-15(9-11-28)22-27-20-13-17(6-7-21(20)31-22)16-4-5-18(14-26-30)19(25)12-16/h4-7,12-13,15H,8-11,14H2,1-3H3. The molecule has 7 nitrogen and oxygen atoms in total. The van der Waals surface area contributed by atoms with Gasteiger partial charge in [-0.3, -0.25) is 0 Å². The highest BCUT2D eigenvalue weighted by atomic mass is 19.1. The van der Waals surface area contributed by atoms with Crippen molar-refractivity contribution in [1.82, 2.24) is 9.88 Å². The van der Waals surface area contributed by atoms with Crippen molar-refractivity contribution in [2.45, 2.75) is 51.7 Å². The Morgan fingerprint density at radius 2 is 1.88 bits per heavy atom. The molecule has 0 spiro atoms. The Kier molecular flexibility index (Phi) is 5.95. The Bertz CT molecular complexity index is 1140. The summed E-state index contributed by atoms with van der Waals surface area (Å²) < 4.78 is 25.6. The Labute approximate surface area is 185 Å². The number of carbonyl (C=O) groups excluding carboxylic acids is 1. The van der Waals surface area contributed by atoms with Crippen LogP contribution >= 0.6 is 0 Å². The summed E-state index contributed by atoms with van der Waals surface area (Å²) in [6.07, 6.45) is 1.20. The molecule has 0 radical (unpaired) electrons.